The Bertz CT molecular complexity index is 747. The van der Waals surface area contributed by atoms with Gasteiger partial charge >= 0.3 is 12.3 Å². The molecule has 1 atom stereocenters. The monoisotopic (exact) mass is 372 g/mol. The predicted octanol–water partition coefficient (Wildman–Crippen LogP) is 5.39. The van der Waals surface area contributed by atoms with Crippen molar-refractivity contribution < 1.29 is 27.4 Å². The summed E-state index contributed by atoms with van der Waals surface area (Å²) in [5, 5.41) is 7.73. The molecule has 0 fully saturated rings. The van der Waals surface area contributed by atoms with Gasteiger partial charge in [0, 0.05) is 0 Å². The molecule has 2 rings (SSSR count). The van der Waals surface area contributed by atoms with Gasteiger partial charge < -0.3 is 9.47 Å². The Morgan fingerprint density at radius 2 is 1.68 bits per heavy atom. The molecule has 25 heavy (non-hydrogen) atoms. The summed E-state index contributed by atoms with van der Waals surface area (Å²) in [5.74, 6) is -0.826. The van der Waals surface area contributed by atoms with Crippen molar-refractivity contribution in [3.8, 4) is 5.75 Å². The molecule has 0 radical (unpaired) electrons. The third-order valence-corrected chi connectivity index (χ3v) is 3.29. The maximum absolute atomic E-state index is 12.1. The van der Waals surface area contributed by atoms with Crippen LogP contribution in [0, 0.1) is 0 Å². The Morgan fingerprint density at radius 3 is 2.20 bits per heavy atom. The zero-order chi connectivity index (χ0) is 18.4. The number of rotatable bonds is 5. The minimum atomic E-state index is -4.75. The Morgan fingerprint density at radius 1 is 1.08 bits per heavy atom. The standard InChI is InChI=1S/C16H12ClF3N2O3/c1-24-15(23)11-4-2-10(3-5-11)14(17)22-21-12-6-8-13(9-7-12)25-16(18,19)20/h2-9,14H,1H3. The van der Waals surface area contributed by atoms with E-state index in [9.17, 15) is 18.0 Å². The van der Waals surface area contributed by atoms with E-state index in [1.807, 2.05) is 0 Å². The Balaban J connectivity index is 2.02. The summed E-state index contributed by atoms with van der Waals surface area (Å²) in [7, 11) is 1.28. The Kier molecular flexibility index (Phi) is 5.97. The fraction of sp³-hybridized carbons (Fsp3) is 0.188. The molecule has 0 amide bonds. The third-order valence-electron chi connectivity index (χ3n) is 2.95. The molecular formula is C16H12ClF3N2O3. The lowest BCUT2D eigenvalue weighted by molar-refractivity contribution is -0.274. The van der Waals surface area contributed by atoms with Crippen molar-refractivity contribution in [1.29, 1.82) is 0 Å². The highest BCUT2D eigenvalue weighted by Gasteiger charge is 2.30. The predicted molar refractivity (Wildman–Crippen MR) is 84.0 cm³/mol. The molecule has 0 bridgehead atoms. The van der Waals surface area contributed by atoms with E-state index in [2.05, 4.69) is 19.7 Å². The molecule has 2 aromatic carbocycles. The van der Waals surface area contributed by atoms with Gasteiger partial charge in [-0.05, 0) is 42.0 Å². The second-order valence-corrected chi connectivity index (χ2v) is 5.12. The summed E-state index contributed by atoms with van der Waals surface area (Å²) in [6.45, 7) is 0. The van der Waals surface area contributed by atoms with Crippen molar-refractivity contribution in [3.05, 3.63) is 59.7 Å². The number of methoxy groups -OCH3 is 1. The number of ether oxygens (including phenoxy) is 2. The lowest BCUT2D eigenvalue weighted by Crippen LogP contribution is -2.16. The largest absolute Gasteiger partial charge is 0.573 e. The van der Waals surface area contributed by atoms with Gasteiger partial charge in [-0.1, -0.05) is 23.7 Å². The van der Waals surface area contributed by atoms with Crippen molar-refractivity contribution in [3.63, 3.8) is 0 Å². The van der Waals surface area contributed by atoms with Crippen LogP contribution in [0.4, 0.5) is 18.9 Å². The minimum Gasteiger partial charge on any atom is -0.465 e. The van der Waals surface area contributed by atoms with Crippen molar-refractivity contribution in [2.75, 3.05) is 7.11 Å². The first-order valence-electron chi connectivity index (χ1n) is 6.87. The maximum Gasteiger partial charge on any atom is 0.573 e. The molecule has 0 aliphatic heterocycles. The number of esters is 1. The van der Waals surface area contributed by atoms with Crippen molar-refractivity contribution >= 4 is 23.3 Å². The zero-order valence-electron chi connectivity index (χ0n) is 12.8. The first kappa shape index (κ1) is 18.7. The molecular weight excluding hydrogens is 361 g/mol. The van der Waals surface area contributed by atoms with Gasteiger partial charge in [0.05, 0.1) is 18.4 Å². The third kappa shape index (κ3) is 5.75. The molecule has 0 aromatic heterocycles. The zero-order valence-corrected chi connectivity index (χ0v) is 13.6. The molecule has 9 heteroatoms. The fourth-order valence-corrected chi connectivity index (χ4v) is 1.98. The first-order valence-corrected chi connectivity index (χ1v) is 7.31. The molecule has 132 valence electrons. The van der Waals surface area contributed by atoms with Crippen molar-refractivity contribution in [1.82, 2.24) is 0 Å². The second kappa shape index (κ2) is 7.98. The molecule has 0 N–H and O–H groups in total. The van der Waals surface area contributed by atoms with Gasteiger partial charge in [0.2, 0.25) is 0 Å². The van der Waals surface area contributed by atoms with E-state index in [4.69, 9.17) is 11.6 Å². The number of hydrogen-bond donors (Lipinski definition) is 0. The van der Waals surface area contributed by atoms with Crippen LogP contribution in [0.3, 0.4) is 0 Å². The highest BCUT2D eigenvalue weighted by Crippen LogP contribution is 2.27. The minimum absolute atomic E-state index is 0.311. The topological polar surface area (TPSA) is 60.2 Å². The first-order chi connectivity index (χ1) is 11.8. The average molecular weight is 373 g/mol. The van der Waals surface area contributed by atoms with Gasteiger partial charge in [-0.15, -0.1) is 13.2 Å². The van der Waals surface area contributed by atoms with Crippen LogP contribution in [0.5, 0.6) is 5.75 Å². The van der Waals surface area contributed by atoms with Gasteiger partial charge in [0.15, 0.2) is 5.50 Å². The number of azo groups is 1. The summed E-state index contributed by atoms with van der Waals surface area (Å²) in [6, 6.07) is 11.1. The highest BCUT2D eigenvalue weighted by molar-refractivity contribution is 6.20. The van der Waals surface area contributed by atoms with Crippen LogP contribution in [0.15, 0.2) is 58.8 Å². The van der Waals surface area contributed by atoms with Crippen LogP contribution in [0.2, 0.25) is 0 Å². The van der Waals surface area contributed by atoms with E-state index in [-0.39, 0.29) is 5.75 Å². The molecule has 0 aliphatic rings. The van der Waals surface area contributed by atoms with E-state index in [1.165, 1.54) is 31.4 Å². The average Bonchev–Trinajstić information content (AvgIpc) is 2.59. The quantitative estimate of drug-likeness (QED) is 0.306. The summed E-state index contributed by atoms with van der Waals surface area (Å²) in [4.78, 5) is 11.3. The van der Waals surface area contributed by atoms with Crippen molar-refractivity contribution in [2.45, 2.75) is 11.9 Å². The van der Waals surface area contributed by atoms with Gasteiger partial charge in [-0.2, -0.15) is 10.2 Å². The van der Waals surface area contributed by atoms with Crippen LogP contribution in [-0.4, -0.2) is 19.4 Å². The van der Waals surface area contributed by atoms with Gasteiger partial charge in [0.1, 0.15) is 5.75 Å². The van der Waals surface area contributed by atoms with E-state index in [1.54, 1.807) is 12.1 Å². The number of carbonyl (C=O) groups excluding carboxylic acids is 1. The lowest BCUT2D eigenvalue weighted by atomic mass is 10.1. The normalized spacial score (nSPS) is 12.8. The maximum atomic E-state index is 12.1. The van der Waals surface area contributed by atoms with Gasteiger partial charge in [0.25, 0.3) is 0 Å². The number of benzene rings is 2. The smallest absolute Gasteiger partial charge is 0.465 e. The van der Waals surface area contributed by atoms with Crippen LogP contribution in [-0.2, 0) is 4.74 Å². The van der Waals surface area contributed by atoms with Crippen molar-refractivity contribution in [2.24, 2.45) is 10.2 Å². The van der Waals surface area contributed by atoms with E-state index < -0.39 is 17.8 Å². The Hall–Kier alpha value is -2.61. The molecule has 0 aliphatic carbocycles. The number of halogens is 4. The summed E-state index contributed by atoms with van der Waals surface area (Å²) < 4.78 is 44.6. The summed E-state index contributed by atoms with van der Waals surface area (Å²) in [6.07, 6.45) is -4.75. The van der Waals surface area contributed by atoms with E-state index in [0.29, 0.717) is 16.8 Å². The summed E-state index contributed by atoms with van der Waals surface area (Å²) >= 11 is 6.09. The van der Waals surface area contributed by atoms with Crippen LogP contribution in [0.1, 0.15) is 21.4 Å². The van der Waals surface area contributed by atoms with Gasteiger partial charge in [-0.3, -0.25) is 0 Å². The molecule has 2 aromatic rings. The molecule has 0 saturated heterocycles. The number of alkyl halides is 4. The lowest BCUT2D eigenvalue weighted by Gasteiger charge is -2.08. The van der Waals surface area contributed by atoms with E-state index >= 15 is 0 Å². The highest BCUT2D eigenvalue weighted by atomic mass is 35.5. The van der Waals surface area contributed by atoms with Gasteiger partial charge in [-0.25, -0.2) is 4.79 Å². The number of hydrogen-bond acceptors (Lipinski definition) is 5. The fourth-order valence-electron chi connectivity index (χ4n) is 1.79. The van der Waals surface area contributed by atoms with Crippen LogP contribution < -0.4 is 4.74 Å². The molecule has 0 heterocycles. The van der Waals surface area contributed by atoms with Crippen LogP contribution >= 0.6 is 11.6 Å². The summed E-state index contributed by atoms with van der Waals surface area (Å²) in [5.41, 5.74) is 0.451. The molecule has 0 spiro atoms. The molecule has 5 nitrogen and oxygen atoms in total. The number of nitrogens with zero attached hydrogens (tertiary/aromatic N) is 2. The SMILES string of the molecule is COC(=O)c1ccc(C(Cl)N=Nc2ccc(OC(F)(F)F)cc2)cc1. The molecule has 1 unspecified atom stereocenters. The van der Waals surface area contributed by atoms with E-state index in [0.717, 1.165) is 12.1 Å². The van der Waals surface area contributed by atoms with Crippen LogP contribution in [0.25, 0.3) is 0 Å². The number of carbonyl (C=O) groups is 1. The molecule has 0 saturated carbocycles. The second-order valence-electron chi connectivity index (χ2n) is 4.71. The Labute approximate surface area is 146 Å².